The highest BCUT2D eigenvalue weighted by atomic mass is 35.5. The SMILES string of the molecule is COc1cccc(/C=C(\NC(=O)c2ccccc2)C(=O)Nc2ccc(SC(C(=O)Nc3nc(-c4ccccc4Cl)cs3)c3ccccc3)cc2)c1OC. The molecule has 1 unspecified atom stereocenters. The number of amides is 3. The van der Waals surface area contributed by atoms with Gasteiger partial charge in [-0.2, -0.15) is 0 Å². The lowest BCUT2D eigenvalue weighted by molar-refractivity contribution is -0.116. The Hall–Kier alpha value is -5.88. The van der Waals surface area contributed by atoms with Gasteiger partial charge >= 0.3 is 0 Å². The van der Waals surface area contributed by atoms with E-state index in [1.54, 1.807) is 66.7 Å². The number of nitrogens with one attached hydrogen (secondary N) is 3. The summed E-state index contributed by atoms with van der Waals surface area (Å²) in [6.45, 7) is 0. The average molecular weight is 761 g/mol. The van der Waals surface area contributed by atoms with Crippen molar-refractivity contribution < 1.29 is 23.9 Å². The molecule has 1 aromatic heterocycles. The summed E-state index contributed by atoms with van der Waals surface area (Å²) in [5.74, 6) is -0.372. The number of benzene rings is 5. The summed E-state index contributed by atoms with van der Waals surface area (Å²) in [5, 5.41) is 10.9. The van der Waals surface area contributed by atoms with Crippen molar-refractivity contribution in [3.8, 4) is 22.8 Å². The third-order valence-corrected chi connectivity index (χ3v) is 10.2. The topological polar surface area (TPSA) is 119 Å². The van der Waals surface area contributed by atoms with E-state index in [0.29, 0.717) is 44.2 Å². The molecule has 0 aliphatic rings. The number of hydrogen-bond acceptors (Lipinski definition) is 8. The normalized spacial score (nSPS) is 11.6. The van der Waals surface area contributed by atoms with Gasteiger partial charge in [-0.25, -0.2) is 4.98 Å². The maximum atomic E-state index is 13.7. The van der Waals surface area contributed by atoms with E-state index in [9.17, 15) is 14.4 Å². The number of halogens is 1. The number of aromatic nitrogens is 1. The molecule has 0 radical (unpaired) electrons. The number of hydrogen-bond donors (Lipinski definition) is 3. The van der Waals surface area contributed by atoms with Gasteiger partial charge in [-0.05, 0) is 60.2 Å². The second kappa shape index (κ2) is 17.6. The van der Waals surface area contributed by atoms with Gasteiger partial charge in [-0.15, -0.1) is 23.1 Å². The quantitative estimate of drug-likeness (QED) is 0.0793. The maximum absolute atomic E-state index is 13.7. The van der Waals surface area contributed by atoms with E-state index < -0.39 is 17.1 Å². The van der Waals surface area contributed by atoms with Crippen LogP contribution in [0, 0.1) is 0 Å². The van der Waals surface area contributed by atoms with Crippen LogP contribution in [0.5, 0.6) is 11.5 Å². The molecule has 0 saturated carbocycles. The fourth-order valence-electron chi connectivity index (χ4n) is 5.27. The molecule has 0 spiro atoms. The number of carbonyl (C=O) groups is 3. The predicted molar refractivity (Wildman–Crippen MR) is 213 cm³/mol. The van der Waals surface area contributed by atoms with Crippen LogP contribution in [0.1, 0.15) is 26.7 Å². The molecule has 3 N–H and O–H groups in total. The molecule has 0 fully saturated rings. The molecule has 5 aromatic carbocycles. The first-order valence-electron chi connectivity index (χ1n) is 16.3. The van der Waals surface area contributed by atoms with Gasteiger partial charge in [0.25, 0.3) is 11.8 Å². The lowest BCUT2D eigenvalue weighted by Gasteiger charge is -2.17. The number of carbonyl (C=O) groups excluding carboxylic acids is 3. The minimum atomic E-state index is -0.607. The summed E-state index contributed by atoms with van der Waals surface area (Å²) < 4.78 is 11.0. The van der Waals surface area contributed by atoms with Crippen LogP contribution in [0.4, 0.5) is 10.8 Å². The fourth-order valence-corrected chi connectivity index (χ4v) is 7.24. The molecule has 266 valence electrons. The lowest BCUT2D eigenvalue weighted by Crippen LogP contribution is -2.30. The van der Waals surface area contributed by atoms with Crippen molar-refractivity contribution in [1.82, 2.24) is 10.3 Å². The van der Waals surface area contributed by atoms with Gasteiger partial charge in [0.05, 0.1) is 19.9 Å². The third-order valence-electron chi connectivity index (χ3n) is 7.85. The van der Waals surface area contributed by atoms with E-state index in [0.717, 1.165) is 16.0 Å². The average Bonchev–Trinajstić information content (AvgIpc) is 3.65. The van der Waals surface area contributed by atoms with Crippen LogP contribution in [0.2, 0.25) is 5.02 Å². The summed E-state index contributed by atoms with van der Waals surface area (Å²) in [7, 11) is 3.02. The Morgan fingerprint density at radius 1 is 0.792 bits per heavy atom. The number of rotatable bonds is 13. The zero-order valence-corrected chi connectivity index (χ0v) is 30.9. The molecule has 6 aromatic rings. The summed E-state index contributed by atoms with van der Waals surface area (Å²) in [5.41, 5.74) is 3.66. The smallest absolute Gasteiger partial charge is 0.272 e. The molecule has 12 heteroatoms. The summed E-state index contributed by atoms with van der Waals surface area (Å²) >= 11 is 9.05. The van der Waals surface area contributed by atoms with Crippen LogP contribution in [0.25, 0.3) is 17.3 Å². The molecule has 3 amide bonds. The highest BCUT2D eigenvalue weighted by Crippen LogP contribution is 2.38. The first-order chi connectivity index (χ1) is 25.8. The van der Waals surface area contributed by atoms with Crippen LogP contribution in [-0.2, 0) is 9.59 Å². The molecular formula is C41H33ClN4O5S2. The number of anilines is 2. The lowest BCUT2D eigenvalue weighted by atomic mass is 10.1. The van der Waals surface area contributed by atoms with Crippen LogP contribution in [-0.4, -0.2) is 36.9 Å². The van der Waals surface area contributed by atoms with Gasteiger partial charge in [-0.1, -0.05) is 90.5 Å². The molecule has 0 aliphatic carbocycles. The van der Waals surface area contributed by atoms with Gasteiger partial charge < -0.3 is 25.4 Å². The number of thiazole rings is 1. The Kier molecular flexibility index (Phi) is 12.2. The molecule has 9 nitrogen and oxygen atoms in total. The molecular weight excluding hydrogens is 728 g/mol. The van der Waals surface area contributed by atoms with Crippen molar-refractivity contribution in [2.24, 2.45) is 0 Å². The van der Waals surface area contributed by atoms with Crippen molar-refractivity contribution >= 4 is 69.3 Å². The summed E-state index contributed by atoms with van der Waals surface area (Å²) in [6, 6.07) is 37.8. The van der Waals surface area contributed by atoms with Crippen molar-refractivity contribution in [2.45, 2.75) is 10.1 Å². The van der Waals surface area contributed by atoms with Crippen LogP contribution >= 0.6 is 34.7 Å². The van der Waals surface area contributed by atoms with Gasteiger partial charge in [0.15, 0.2) is 16.6 Å². The van der Waals surface area contributed by atoms with Crippen molar-refractivity contribution in [1.29, 1.82) is 0 Å². The van der Waals surface area contributed by atoms with Crippen LogP contribution in [0.3, 0.4) is 0 Å². The molecule has 1 atom stereocenters. The number of ether oxygens (including phenoxy) is 2. The Bertz CT molecular complexity index is 2250. The van der Waals surface area contributed by atoms with E-state index in [1.165, 1.54) is 43.4 Å². The predicted octanol–water partition coefficient (Wildman–Crippen LogP) is 9.36. The zero-order chi connectivity index (χ0) is 37.2. The second-order valence-corrected chi connectivity index (χ2v) is 13.8. The van der Waals surface area contributed by atoms with Gasteiger partial charge in [0.1, 0.15) is 10.9 Å². The Labute approximate surface area is 320 Å². The minimum absolute atomic E-state index is 0.00968. The third kappa shape index (κ3) is 9.32. The Morgan fingerprint density at radius 2 is 1.49 bits per heavy atom. The monoisotopic (exact) mass is 760 g/mol. The molecule has 0 aliphatic heterocycles. The fraction of sp³-hybridized carbons (Fsp3) is 0.0732. The van der Waals surface area contributed by atoms with Crippen LogP contribution in [0.15, 0.2) is 143 Å². The van der Waals surface area contributed by atoms with Crippen LogP contribution < -0.4 is 25.4 Å². The van der Waals surface area contributed by atoms with Gasteiger partial charge in [-0.3, -0.25) is 14.4 Å². The van der Waals surface area contributed by atoms with Crippen molar-refractivity contribution in [2.75, 3.05) is 24.9 Å². The van der Waals surface area contributed by atoms with E-state index in [2.05, 4.69) is 20.9 Å². The summed E-state index contributed by atoms with van der Waals surface area (Å²) in [6.07, 6.45) is 1.53. The van der Waals surface area contributed by atoms with Crippen molar-refractivity contribution in [3.05, 3.63) is 160 Å². The van der Waals surface area contributed by atoms with Gasteiger partial charge in [0, 0.05) is 37.7 Å². The van der Waals surface area contributed by atoms with E-state index >= 15 is 0 Å². The molecule has 6 rings (SSSR count). The van der Waals surface area contributed by atoms with E-state index in [4.69, 9.17) is 21.1 Å². The van der Waals surface area contributed by atoms with Crippen molar-refractivity contribution in [3.63, 3.8) is 0 Å². The van der Waals surface area contributed by atoms with Gasteiger partial charge in [0.2, 0.25) is 5.91 Å². The van der Waals surface area contributed by atoms with E-state index in [1.807, 2.05) is 66.0 Å². The number of nitrogens with zero attached hydrogens (tertiary/aromatic N) is 1. The molecule has 0 saturated heterocycles. The highest BCUT2D eigenvalue weighted by Gasteiger charge is 2.24. The second-order valence-electron chi connectivity index (χ2n) is 11.4. The Balaban J connectivity index is 1.20. The molecule has 0 bridgehead atoms. The highest BCUT2D eigenvalue weighted by molar-refractivity contribution is 8.00. The number of para-hydroxylation sites is 1. The number of methoxy groups -OCH3 is 2. The standard InChI is InChI=1S/C41H33ClN4O5S2/c1-50-35-19-11-16-28(36(35)51-2)24-33(44-38(47)27-14-7-4-8-15-27)39(48)43-29-20-22-30(23-21-29)53-37(26-12-5-3-6-13-26)40(49)46-41-45-34(25-52-41)31-17-9-10-18-32(31)42/h3-25,37H,1-2H3,(H,43,48)(H,44,47)(H,45,46,49)/b33-24-. The first-order valence-corrected chi connectivity index (χ1v) is 18.4. The molecule has 1 heterocycles. The largest absolute Gasteiger partial charge is 0.493 e. The van der Waals surface area contributed by atoms with E-state index in [-0.39, 0.29) is 11.6 Å². The molecule has 53 heavy (non-hydrogen) atoms. The summed E-state index contributed by atoms with van der Waals surface area (Å²) in [4.78, 5) is 46.0. The number of thioether (sulfide) groups is 1. The first kappa shape index (κ1) is 36.9. The maximum Gasteiger partial charge on any atom is 0.272 e. The Morgan fingerprint density at radius 3 is 2.19 bits per heavy atom. The zero-order valence-electron chi connectivity index (χ0n) is 28.5. The minimum Gasteiger partial charge on any atom is -0.493 e.